The normalized spacial score (nSPS) is 55.7. The lowest BCUT2D eigenvalue weighted by Crippen LogP contribution is -2.65. The van der Waals surface area contributed by atoms with E-state index in [0.29, 0.717) is 24.4 Å². The predicted molar refractivity (Wildman–Crippen MR) is 166 cm³/mol. The van der Waals surface area contributed by atoms with Gasteiger partial charge in [-0.2, -0.15) is 0 Å². The molecule has 7 rings (SSSR count). The van der Waals surface area contributed by atoms with Crippen molar-refractivity contribution in [3.63, 3.8) is 0 Å². The Hall–Kier alpha value is -0.990. The van der Waals surface area contributed by atoms with Crippen LogP contribution in [0.5, 0.6) is 0 Å². The molecule has 5 aliphatic carbocycles. The van der Waals surface area contributed by atoms with Gasteiger partial charge >= 0.3 is 5.97 Å². The average molecular weight is 615 g/mol. The SMILES string of the molecule is CCOC(=O)[C@@]1(C)CC[C@]2(C)CC[C@]3(C)C(=CCC4[C@@]5(C)CC[C@H](OC6OC7OC7C(O)C6O)C(C)(C)C5CC[C@]43C)[C@@H]2C1. The molecule has 0 spiro atoms. The molecule has 0 amide bonds. The number of rotatable bonds is 4. The van der Waals surface area contributed by atoms with Crippen LogP contribution in [0.4, 0.5) is 0 Å². The third-order valence-corrected chi connectivity index (χ3v) is 15.6. The molecule has 0 bridgehead atoms. The quantitative estimate of drug-likeness (QED) is 0.161. The molecule has 2 aliphatic heterocycles. The predicted octanol–water partition coefficient (Wildman–Crippen LogP) is 6.54. The van der Waals surface area contributed by atoms with Crippen LogP contribution < -0.4 is 0 Å². The van der Waals surface area contributed by atoms with Crippen LogP contribution in [0.25, 0.3) is 0 Å². The second kappa shape index (κ2) is 10.0. The first-order valence-electron chi connectivity index (χ1n) is 17.7. The van der Waals surface area contributed by atoms with Gasteiger partial charge < -0.3 is 29.2 Å². The minimum atomic E-state index is -1.10. The summed E-state index contributed by atoms with van der Waals surface area (Å²) in [5.41, 5.74) is 1.88. The van der Waals surface area contributed by atoms with E-state index in [1.54, 1.807) is 5.57 Å². The Bertz CT molecular complexity index is 1210. The summed E-state index contributed by atoms with van der Waals surface area (Å²) in [5, 5.41) is 21.2. The van der Waals surface area contributed by atoms with Crippen LogP contribution in [0.15, 0.2) is 11.6 Å². The molecule has 0 radical (unpaired) electrons. The number of hydrogen-bond donors (Lipinski definition) is 2. The van der Waals surface area contributed by atoms with Crippen LogP contribution in [0, 0.1) is 50.2 Å². The number of carbonyl (C=O) groups excluding carboxylic acids is 1. The van der Waals surface area contributed by atoms with Crippen LogP contribution >= 0.6 is 0 Å². The van der Waals surface area contributed by atoms with Crippen molar-refractivity contribution in [3.05, 3.63) is 11.6 Å². The van der Waals surface area contributed by atoms with Crippen molar-refractivity contribution in [1.29, 1.82) is 0 Å². The van der Waals surface area contributed by atoms with Crippen molar-refractivity contribution < 1.29 is 34.0 Å². The van der Waals surface area contributed by atoms with Gasteiger partial charge in [0.1, 0.15) is 18.3 Å². The summed E-state index contributed by atoms with van der Waals surface area (Å²) in [6.07, 6.45) is 9.64. The monoisotopic (exact) mass is 614 g/mol. The van der Waals surface area contributed by atoms with Crippen molar-refractivity contribution in [1.82, 2.24) is 0 Å². The van der Waals surface area contributed by atoms with Gasteiger partial charge in [0.25, 0.3) is 0 Å². The summed E-state index contributed by atoms with van der Waals surface area (Å²) >= 11 is 0. The Morgan fingerprint density at radius 3 is 2.36 bits per heavy atom. The Morgan fingerprint density at radius 1 is 0.909 bits per heavy atom. The summed E-state index contributed by atoms with van der Waals surface area (Å²) in [6, 6.07) is 0. The zero-order chi connectivity index (χ0) is 31.7. The van der Waals surface area contributed by atoms with E-state index in [0.717, 1.165) is 44.9 Å². The summed E-state index contributed by atoms with van der Waals surface area (Å²) in [5.74, 6) is 1.48. The summed E-state index contributed by atoms with van der Waals surface area (Å²) in [6.45, 7) is 19.5. The number of aliphatic hydroxyl groups is 2. The molecule has 4 saturated carbocycles. The second-order valence-electron chi connectivity index (χ2n) is 17.9. The Morgan fingerprint density at radius 2 is 1.64 bits per heavy atom. The molecule has 7 unspecified atom stereocenters. The maximum Gasteiger partial charge on any atom is 0.311 e. The summed E-state index contributed by atoms with van der Waals surface area (Å²) in [7, 11) is 0. The van der Waals surface area contributed by atoms with Crippen LogP contribution in [0.3, 0.4) is 0 Å². The fourth-order valence-corrected chi connectivity index (χ4v) is 12.4. The minimum absolute atomic E-state index is 0.00539. The van der Waals surface area contributed by atoms with Crippen molar-refractivity contribution >= 4 is 5.97 Å². The molecule has 2 heterocycles. The highest BCUT2D eigenvalue weighted by Crippen LogP contribution is 2.76. The standard InChI is InChI=1S/C37H58O7/c1-9-41-31(40)34(5)17-16-33(4)18-19-36(7)21(22(33)20-34)10-11-24-35(6)14-13-25(32(2,3)23(35)12-15-37(24,36)8)42-29-27(39)26(38)28-30(43-28)44-29/h10,22-30,38-39H,9,11-20H2,1-8H3/t22-,23?,24?,25-,26?,27?,28?,29?,30?,33+,34-,35-,36+,37+/m0/s1. The summed E-state index contributed by atoms with van der Waals surface area (Å²) < 4.78 is 23.4. The van der Waals surface area contributed by atoms with Crippen molar-refractivity contribution in [2.75, 3.05) is 6.61 Å². The maximum atomic E-state index is 13.2. The van der Waals surface area contributed by atoms with Gasteiger partial charge in [-0.05, 0) is 123 Å². The third kappa shape index (κ3) is 4.20. The third-order valence-electron chi connectivity index (χ3n) is 15.6. The average Bonchev–Trinajstić information content (AvgIpc) is 3.74. The number of epoxide rings is 1. The second-order valence-corrected chi connectivity index (χ2v) is 17.9. The number of allylic oxidation sites excluding steroid dienone is 2. The Labute approximate surface area is 264 Å². The first-order valence-corrected chi connectivity index (χ1v) is 17.7. The van der Waals surface area contributed by atoms with Crippen LogP contribution in [0.2, 0.25) is 0 Å². The lowest BCUT2D eigenvalue weighted by molar-refractivity contribution is -0.294. The number of esters is 1. The number of hydrogen-bond acceptors (Lipinski definition) is 7. The zero-order valence-corrected chi connectivity index (χ0v) is 28.5. The highest BCUT2D eigenvalue weighted by atomic mass is 16.8. The Balaban J connectivity index is 1.16. The minimum Gasteiger partial charge on any atom is -0.466 e. The van der Waals surface area contributed by atoms with Gasteiger partial charge in [-0.25, -0.2) is 0 Å². The highest BCUT2D eigenvalue weighted by molar-refractivity contribution is 5.76. The van der Waals surface area contributed by atoms with E-state index in [-0.39, 0.29) is 39.1 Å². The molecule has 2 N–H and O–H groups in total. The van der Waals surface area contributed by atoms with Gasteiger partial charge in [0, 0.05) is 0 Å². The van der Waals surface area contributed by atoms with Crippen molar-refractivity contribution in [2.24, 2.45) is 50.2 Å². The Kier molecular flexibility index (Phi) is 7.19. The van der Waals surface area contributed by atoms with E-state index in [4.69, 9.17) is 18.9 Å². The largest absolute Gasteiger partial charge is 0.466 e. The fraction of sp³-hybridized carbons (Fsp3) is 0.919. The van der Waals surface area contributed by atoms with Gasteiger partial charge in [-0.3, -0.25) is 4.79 Å². The van der Waals surface area contributed by atoms with Gasteiger partial charge in [-0.1, -0.05) is 53.2 Å². The van der Waals surface area contributed by atoms with Crippen LogP contribution in [-0.2, 0) is 23.7 Å². The molecule has 248 valence electrons. The lowest BCUT2D eigenvalue weighted by atomic mass is 9.33. The lowest BCUT2D eigenvalue weighted by Gasteiger charge is -2.71. The van der Waals surface area contributed by atoms with Gasteiger partial charge in [0.15, 0.2) is 12.6 Å². The molecule has 0 aromatic carbocycles. The van der Waals surface area contributed by atoms with Crippen LogP contribution in [0.1, 0.15) is 120 Å². The molecule has 0 aromatic heterocycles. The molecule has 6 fully saturated rings. The van der Waals surface area contributed by atoms with E-state index in [2.05, 4.69) is 54.5 Å². The first-order chi connectivity index (χ1) is 20.5. The molecular weight excluding hydrogens is 556 g/mol. The zero-order valence-electron chi connectivity index (χ0n) is 28.5. The van der Waals surface area contributed by atoms with Crippen LogP contribution in [-0.4, -0.2) is 59.8 Å². The fourth-order valence-electron chi connectivity index (χ4n) is 12.4. The number of fused-ring (bicyclic) bond motifs is 8. The number of carbonyl (C=O) groups is 1. The topological polar surface area (TPSA) is 97.8 Å². The molecule has 0 aromatic rings. The van der Waals surface area contributed by atoms with Gasteiger partial charge in [0.2, 0.25) is 0 Å². The van der Waals surface area contributed by atoms with E-state index in [1.165, 1.54) is 19.3 Å². The van der Waals surface area contributed by atoms with Gasteiger partial charge in [-0.15, -0.1) is 0 Å². The van der Waals surface area contributed by atoms with E-state index in [1.807, 2.05) is 6.92 Å². The van der Waals surface area contributed by atoms with E-state index >= 15 is 0 Å². The number of ether oxygens (including phenoxy) is 4. The smallest absolute Gasteiger partial charge is 0.311 e. The van der Waals surface area contributed by atoms with E-state index in [9.17, 15) is 15.0 Å². The molecule has 7 nitrogen and oxygen atoms in total. The van der Waals surface area contributed by atoms with Gasteiger partial charge in [0.05, 0.1) is 18.1 Å². The molecule has 7 aliphatic rings. The molecule has 14 atom stereocenters. The highest BCUT2D eigenvalue weighted by Gasteiger charge is 2.69. The molecule has 44 heavy (non-hydrogen) atoms. The molecule has 2 saturated heterocycles. The number of aliphatic hydroxyl groups excluding tert-OH is 2. The van der Waals surface area contributed by atoms with Crippen molar-refractivity contribution in [2.45, 2.75) is 157 Å². The molecular formula is C37H58O7. The van der Waals surface area contributed by atoms with E-state index < -0.39 is 36.3 Å². The maximum absolute atomic E-state index is 13.2. The molecule has 7 heteroatoms. The summed E-state index contributed by atoms with van der Waals surface area (Å²) in [4.78, 5) is 13.2. The first kappa shape index (κ1) is 31.6. The van der Waals surface area contributed by atoms with Crippen molar-refractivity contribution in [3.8, 4) is 0 Å².